The summed E-state index contributed by atoms with van der Waals surface area (Å²) in [5.41, 5.74) is 1.37. The fourth-order valence-corrected chi connectivity index (χ4v) is 3.05. The number of ether oxygens (including phenoxy) is 1. The monoisotopic (exact) mass is 255 g/mol. The molecule has 0 spiro atoms. The van der Waals surface area contributed by atoms with Crippen LogP contribution in [0, 0.1) is 0 Å². The predicted molar refractivity (Wildman–Crippen MR) is 79.3 cm³/mol. The van der Waals surface area contributed by atoms with E-state index in [0.29, 0.717) is 12.1 Å². The van der Waals surface area contributed by atoms with Crippen molar-refractivity contribution in [1.82, 2.24) is 5.32 Å². The fraction of sp³-hybridized carbons (Fsp3) is 0.412. The third-order valence-electron chi connectivity index (χ3n) is 3.92. The summed E-state index contributed by atoms with van der Waals surface area (Å²) in [6.45, 7) is 4.03. The van der Waals surface area contributed by atoms with E-state index in [-0.39, 0.29) is 0 Å². The van der Waals surface area contributed by atoms with Crippen molar-refractivity contribution >= 4 is 10.8 Å². The zero-order valence-corrected chi connectivity index (χ0v) is 11.4. The van der Waals surface area contributed by atoms with E-state index >= 15 is 0 Å². The van der Waals surface area contributed by atoms with Gasteiger partial charge in [0.15, 0.2) is 0 Å². The smallest absolute Gasteiger partial charge is 0.0770 e. The molecule has 100 valence electrons. The van der Waals surface area contributed by atoms with Gasteiger partial charge in [0.05, 0.1) is 12.1 Å². The molecule has 19 heavy (non-hydrogen) atoms. The summed E-state index contributed by atoms with van der Waals surface area (Å²) in [4.78, 5) is 0. The molecular weight excluding hydrogens is 234 g/mol. The van der Waals surface area contributed by atoms with E-state index < -0.39 is 0 Å². The van der Waals surface area contributed by atoms with Gasteiger partial charge in [-0.2, -0.15) is 0 Å². The topological polar surface area (TPSA) is 21.3 Å². The van der Waals surface area contributed by atoms with Gasteiger partial charge in [-0.1, -0.05) is 49.4 Å². The molecule has 2 nitrogen and oxygen atoms in total. The molecule has 0 aromatic heterocycles. The Balaban J connectivity index is 2.03. The molecule has 0 amide bonds. The summed E-state index contributed by atoms with van der Waals surface area (Å²) < 4.78 is 5.91. The maximum atomic E-state index is 5.91. The number of likely N-dealkylation sites (N-methyl/N-ethyl adjacent to an activating group) is 1. The van der Waals surface area contributed by atoms with Gasteiger partial charge < -0.3 is 10.1 Å². The normalized spacial score (nSPS) is 20.8. The molecule has 2 aromatic rings. The first-order valence-electron chi connectivity index (χ1n) is 7.23. The van der Waals surface area contributed by atoms with Crippen LogP contribution in [0.25, 0.3) is 10.8 Å². The van der Waals surface area contributed by atoms with Crippen molar-refractivity contribution in [2.45, 2.75) is 31.9 Å². The fourth-order valence-electron chi connectivity index (χ4n) is 3.05. The molecule has 0 aliphatic carbocycles. The molecule has 1 fully saturated rings. The lowest BCUT2D eigenvalue weighted by Crippen LogP contribution is -2.31. The second-order valence-electron chi connectivity index (χ2n) is 5.16. The molecule has 1 aliphatic heterocycles. The average molecular weight is 255 g/mol. The van der Waals surface area contributed by atoms with E-state index in [1.807, 2.05) is 0 Å². The van der Waals surface area contributed by atoms with Gasteiger partial charge in [0.25, 0.3) is 0 Å². The van der Waals surface area contributed by atoms with Crippen LogP contribution in [0.15, 0.2) is 42.5 Å². The Hall–Kier alpha value is -1.38. The highest BCUT2D eigenvalue weighted by molar-refractivity contribution is 5.86. The van der Waals surface area contributed by atoms with E-state index in [0.717, 1.165) is 19.6 Å². The zero-order valence-electron chi connectivity index (χ0n) is 11.4. The van der Waals surface area contributed by atoms with E-state index in [2.05, 4.69) is 54.7 Å². The van der Waals surface area contributed by atoms with Crippen molar-refractivity contribution < 1.29 is 4.74 Å². The summed E-state index contributed by atoms with van der Waals surface area (Å²) in [6, 6.07) is 15.5. The highest BCUT2D eigenvalue weighted by Crippen LogP contribution is 2.31. The lowest BCUT2D eigenvalue weighted by atomic mass is 9.94. The quantitative estimate of drug-likeness (QED) is 0.900. The van der Waals surface area contributed by atoms with Gasteiger partial charge in [-0.3, -0.25) is 0 Å². The van der Waals surface area contributed by atoms with Crippen molar-refractivity contribution in [2.24, 2.45) is 0 Å². The van der Waals surface area contributed by atoms with E-state index in [1.165, 1.54) is 22.8 Å². The standard InChI is InChI=1S/C17H21NO/c1-2-18-17(16-11-6-12-19-16)15-10-5-8-13-7-3-4-9-14(13)15/h3-5,7-10,16-18H,2,6,11-12H2,1H3. The van der Waals surface area contributed by atoms with Gasteiger partial charge in [0.2, 0.25) is 0 Å². The predicted octanol–water partition coefficient (Wildman–Crippen LogP) is 3.67. The summed E-state index contributed by atoms with van der Waals surface area (Å²) >= 11 is 0. The van der Waals surface area contributed by atoms with Crippen LogP contribution in [0.2, 0.25) is 0 Å². The van der Waals surface area contributed by atoms with Crippen LogP contribution >= 0.6 is 0 Å². The third kappa shape index (κ3) is 2.51. The van der Waals surface area contributed by atoms with Crippen LogP contribution in [0.1, 0.15) is 31.4 Å². The summed E-state index contributed by atoms with van der Waals surface area (Å²) in [5.74, 6) is 0. The SMILES string of the molecule is CCNC(c1cccc2ccccc12)C1CCCO1. The van der Waals surface area contributed by atoms with Crippen LogP contribution in [-0.2, 0) is 4.74 Å². The molecule has 2 atom stereocenters. The molecule has 3 rings (SSSR count). The molecule has 2 heteroatoms. The second kappa shape index (κ2) is 5.72. The van der Waals surface area contributed by atoms with Crippen molar-refractivity contribution in [3.8, 4) is 0 Å². The van der Waals surface area contributed by atoms with Crippen molar-refractivity contribution in [1.29, 1.82) is 0 Å². The third-order valence-corrected chi connectivity index (χ3v) is 3.92. The maximum absolute atomic E-state index is 5.91. The average Bonchev–Trinajstić information content (AvgIpc) is 2.98. The van der Waals surface area contributed by atoms with Crippen LogP contribution in [0.3, 0.4) is 0 Å². The number of hydrogen-bond acceptors (Lipinski definition) is 2. The van der Waals surface area contributed by atoms with Crippen molar-refractivity contribution in [2.75, 3.05) is 13.2 Å². The van der Waals surface area contributed by atoms with Crippen molar-refractivity contribution in [3.63, 3.8) is 0 Å². The van der Waals surface area contributed by atoms with E-state index in [9.17, 15) is 0 Å². The minimum atomic E-state index is 0.304. The highest BCUT2D eigenvalue weighted by atomic mass is 16.5. The molecule has 0 saturated carbocycles. The second-order valence-corrected chi connectivity index (χ2v) is 5.16. The molecule has 2 unspecified atom stereocenters. The first-order chi connectivity index (χ1) is 9.40. The summed E-state index contributed by atoms with van der Waals surface area (Å²) in [7, 11) is 0. The first kappa shape index (κ1) is 12.6. The first-order valence-corrected chi connectivity index (χ1v) is 7.23. The Morgan fingerprint density at radius 2 is 2.05 bits per heavy atom. The van der Waals surface area contributed by atoms with Crippen LogP contribution < -0.4 is 5.32 Å². The van der Waals surface area contributed by atoms with Crippen LogP contribution in [-0.4, -0.2) is 19.3 Å². The number of fused-ring (bicyclic) bond motifs is 1. The molecule has 0 radical (unpaired) electrons. The molecule has 1 saturated heterocycles. The number of hydrogen-bond donors (Lipinski definition) is 1. The van der Waals surface area contributed by atoms with Crippen LogP contribution in [0.5, 0.6) is 0 Å². The number of nitrogens with one attached hydrogen (secondary N) is 1. The Kier molecular flexibility index (Phi) is 3.81. The van der Waals surface area contributed by atoms with Gasteiger partial charge in [0, 0.05) is 6.61 Å². The highest BCUT2D eigenvalue weighted by Gasteiger charge is 2.27. The van der Waals surface area contributed by atoms with Gasteiger partial charge in [0.1, 0.15) is 0 Å². The molecule has 1 aliphatic rings. The van der Waals surface area contributed by atoms with Gasteiger partial charge in [-0.15, -0.1) is 0 Å². The lowest BCUT2D eigenvalue weighted by Gasteiger charge is -2.25. The van der Waals surface area contributed by atoms with Gasteiger partial charge in [-0.05, 0) is 35.7 Å². The molecule has 1 heterocycles. The Morgan fingerprint density at radius 3 is 2.84 bits per heavy atom. The largest absolute Gasteiger partial charge is 0.376 e. The molecular formula is C17H21NO. The molecule has 1 N–H and O–H groups in total. The van der Waals surface area contributed by atoms with E-state index in [1.54, 1.807) is 0 Å². The number of rotatable bonds is 4. The van der Waals surface area contributed by atoms with Gasteiger partial charge >= 0.3 is 0 Å². The molecule has 2 aromatic carbocycles. The summed E-state index contributed by atoms with van der Waals surface area (Å²) in [5, 5.41) is 6.25. The van der Waals surface area contributed by atoms with Gasteiger partial charge in [-0.25, -0.2) is 0 Å². The molecule has 0 bridgehead atoms. The summed E-state index contributed by atoms with van der Waals surface area (Å²) in [6.07, 6.45) is 2.64. The Bertz CT molecular complexity index is 540. The Morgan fingerprint density at radius 1 is 1.21 bits per heavy atom. The van der Waals surface area contributed by atoms with Crippen molar-refractivity contribution in [3.05, 3.63) is 48.0 Å². The van der Waals surface area contributed by atoms with E-state index in [4.69, 9.17) is 4.74 Å². The minimum absolute atomic E-state index is 0.304. The minimum Gasteiger partial charge on any atom is -0.376 e. The number of benzene rings is 2. The zero-order chi connectivity index (χ0) is 13.1. The van der Waals surface area contributed by atoms with Crippen LogP contribution in [0.4, 0.5) is 0 Å². The lowest BCUT2D eigenvalue weighted by molar-refractivity contribution is 0.0792. The maximum Gasteiger partial charge on any atom is 0.0770 e. The Labute approximate surface area is 114 Å².